The summed E-state index contributed by atoms with van der Waals surface area (Å²) in [6.07, 6.45) is 1.61. The van der Waals surface area contributed by atoms with Crippen molar-refractivity contribution in [2.24, 2.45) is 0 Å². The molecule has 0 unspecified atom stereocenters. The molecule has 3 rings (SSSR count). The summed E-state index contributed by atoms with van der Waals surface area (Å²) in [6.45, 7) is 0. The third kappa shape index (κ3) is 5.79. The van der Waals surface area contributed by atoms with Crippen LogP contribution in [0, 0.1) is 0 Å². The largest absolute Gasteiger partial charge is 1.00 e. The monoisotopic (exact) mass is 367 g/mol. The number of aromatic carboxylic acids is 1. The van der Waals surface area contributed by atoms with Crippen LogP contribution < -0.4 is 40.0 Å². The van der Waals surface area contributed by atoms with Crippen molar-refractivity contribution in [2.45, 2.75) is 12.8 Å². The number of carbonyl (C=O) groups excluding carboxylic acids is 2. The standard InChI is InChI=1S/C22H19NO3.Na/c24-21(23-19-14-12-18(13-15-19)22(25)26)20-9-5-4-8-17(20)11-10-16-6-2-1-3-7-16;/h1-9,12-15H,10-11H2,(H,23,24)(H,25,26);/q;+1/p-1. The Hall–Kier alpha value is -2.40. The van der Waals surface area contributed by atoms with Crippen LogP contribution in [0.2, 0.25) is 0 Å². The van der Waals surface area contributed by atoms with Crippen molar-refractivity contribution in [1.29, 1.82) is 0 Å². The van der Waals surface area contributed by atoms with Crippen LogP contribution in [0.5, 0.6) is 0 Å². The van der Waals surface area contributed by atoms with Gasteiger partial charge in [-0.2, -0.15) is 0 Å². The maximum atomic E-state index is 12.6. The summed E-state index contributed by atoms with van der Waals surface area (Å²) >= 11 is 0. The molecule has 4 nitrogen and oxygen atoms in total. The number of nitrogens with one attached hydrogen (secondary N) is 1. The smallest absolute Gasteiger partial charge is 0.545 e. The van der Waals surface area contributed by atoms with Gasteiger partial charge in [0.15, 0.2) is 0 Å². The van der Waals surface area contributed by atoms with Crippen LogP contribution in [0.25, 0.3) is 0 Å². The first kappa shape index (κ1) is 20.9. The van der Waals surface area contributed by atoms with E-state index in [1.807, 2.05) is 36.4 Å². The number of hydrogen-bond donors (Lipinski definition) is 1. The summed E-state index contributed by atoms with van der Waals surface area (Å²) in [7, 11) is 0. The zero-order chi connectivity index (χ0) is 18.4. The van der Waals surface area contributed by atoms with Gasteiger partial charge >= 0.3 is 29.6 Å². The van der Waals surface area contributed by atoms with Gasteiger partial charge in [-0.1, -0.05) is 60.7 Å². The SMILES string of the molecule is O=C([O-])c1ccc(NC(=O)c2ccccc2CCc2ccccc2)cc1.[Na+]. The number of carbonyl (C=O) groups is 2. The van der Waals surface area contributed by atoms with E-state index < -0.39 is 5.97 Å². The van der Waals surface area contributed by atoms with E-state index in [4.69, 9.17) is 0 Å². The minimum Gasteiger partial charge on any atom is -0.545 e. The molecule has 0 aliphatic heterocycles. The summed E-state index contributed by atoms with van der Waals surface area (Å²) in [6, 6.07) is 23.6. The third-order valence-corrected chi connectivity index (χ3v) is 4.17. The molecule has 0 radical (unpaired) electrons. The van der Waals surface area contributed by atoms with Gasteiger partial charge in [0.25, 0.3) is 5.91 Å². The number of benzene rings is 3. The quantitative estimate of drug-likeness (QED) is 0.628. The van der Waals surface area contributed by atoms with Crippen molar-refractivity contribution in [3.8, 4) is 0 Å². The van der Waals surface area contributed by atoms with Crippen LogP contribution in [0.4, 0.5) is 5.69 Å². The van der Waals surface area contributed by atoms with Gasteiger partial charge in [0, 0.05) is 11.3 Å². The molecule has 3 aromatic carbocycles. The molecule has 0 bridgehead atoms. The Bertz CT molecular complexity index is 908. The molecule has 0 aliphatic rings. The van der Waals surface area contributed by atoms with Gasteiger partial charge in [0.1, 0.15) is 0 Å². The predicted octanol–water partition coefficient (Wildman–Crippen LogP) is 0.0916. The molecule has 0 saturated carbocycles. The molecule has 0 aliphatic carbocycles. The predicted molar refractivity (Wildman–Crippen MR) is 99.0 cm³/mol. The van der Waals surface area contributed by atoms with Crippen molar-refractivity contribution >= 4 is 17.6 Å². The first-order valence-corrected chi connectivity index (χ1v) is 8.38. The summed E-state index contributed by atoms with van der Waals surface area (Å²) < 4.78 is 0. The zero-order valence-corrected chi connectivity index (χ0v) is 17.1. The van der Waals surface area contributed by atoms with E-state index in [1.54, 1.807) is 18.2 Å². The van der Waals surface area contributed by atoms with Crippen LogP contribution in [0.1, 0.15) is 31.8 Å². The number of aryl methyl sites for hydroxylation is 2. The zero-order valence-electron chi connectivity index (χ0n) is 15.1. The summed E-state index contributed by atoms with van der Waals surface area (Å²) in [4.78, 5) is 23.4. The van der Waals surface area contributed by atoms with E-state index in [2.05, 4.69) is 17.4 Å². The van der Waals surface area contributed by atoms with Crippen molar-refractivity contribution in [1.82, 2.24) is 0 Å². The Kier molecular flexibility index (Phi) is 7.80. The minimum atomic E-state index is -1.24. The molecular weight excluding hydrogens is 349 g/mol. The minimum absolute atomic E-state index is 0. The number of carboxylic acids is 1. The van der Waals surface area contributed by atoms with Gasteiger partial charge in [-0.15, -0.1) is 0 Å². The Balaban J connectivity index is 0.00000261. The van der Waals surface area contributed by atoms with Crippen LogP contribution in [0.15, 0.2) is 78.9 Å². The number of anilines is 1. The normalized spacial score (nSPS) is 9.93. The van der Waals surface area contributed by atoms with Crippen molar-refractivity contribution in [3.05, 3.63) is 101 Å². The fraction of sp³-hybridized carbons (Fsp3) is 0.0909. The third-order valence-electron chi connectivity index (χ3n) is 4.17. The fourth-order valence-electron chi connectivity index (χ4n) is 2.77. The van der Waals surface area contributed by atoms with Crippen molar-refractivity contribution in [3.63, 3.8) is 0 Å². The molecule has 5 heteroatoms. The van der Waals surface area contributed by atoms with Crippen LogP contribution in [-0.2, 0) is 12.8 Å². The van der Waals surface area contributed by atoms with Crippen molar-refractivity contribution in [2.75, 3.05) is 5.32 Å². The summed E-state index contributed by atoms with van der Waals surface area (Å²) in [5.41, 5.74) is 3.43. The molecule has 1 amide bonds. The number of amides is 1. The molecule has 130 valence electrons. The van der Waals surface area contributed by atoms with E-state index in [0.717, 1.165) is 18.4 Å². The average Bonchev–Trinajstić information content (AvgIpc) is 2.68. The van der Waals surface area contributed by atoms with Crippen LogP contribution in [-0.4, -0.2) is 11.9 Å². The molecule has 0 heterocycles. The number of rotatable bonds is 6. The van der Waals surface area contributed by atoms with E-state index >= 15 is 0 Å². The van der Waals surface area contributed by atoms with Crippen LogP contribution in [0.3, 0.4) is 0 Å². The molecular formula is C22H18NNaO3. The number of hydrogen-bond acceptors (Lipinski definition) is 3. The second kappa shape index (κ2) is 10.1. The summed E-state index contributed by atoms with van der Waals surface area (Å²) in [5.74, 6) is -1.45. The second-order valence-corrected chi connectivity index (χ2v) is 5.96. The van der Waals surface area contributed by atoms with E-state index in [0.29, 0.717) is 11.3 Å². The first-order valence-electron chi connectivity index (χ1n) is 8.38. The fourth-order valence-corrected chi connectivity index (χ4v) is 2.77. The Morgan fingerprint density at radius 3 is 2.07 bits per heavy atom. The Morgan fingerprint density at radius 2 is 1.41 bits per heavy atom. The molecule has 27 heavy (non-hydrogen) atoms. The average molecular weight is 367 g/mol. The molecule has 1 N–H and O–H groups in total. The molecule has 0 saturated heterocycles. The molecule has 0 fully saturated rings. The van der Waals surface area contributed by atoms with Gasteiger partial charge in [-0.3, -0.25) is 4.79 Å². The van der Waals surface area contributed by atoms with Gasteiger partial charge in [0.2, 0.25) is 0 Å². The summed E-state index contributed by atoms with van der Waals surface area (Å²) in [5, 5.41) is 13.6. The van der Waals surface area contributed by atoms with E-state index in [9.17, 15) is 14.7 Å². The molecule has 0 spiro atoms. The van der Waals surface area contributed by atoms with Gasteiger partial charge in [-0.05, 0) is 47.7 Å². The molecule has 0 aromatic heterocycles. The first-order chi connectivity index (χ1) is 12.6. The topological polar surface area (TPSA) is 69.2 Å². The van der Waals surface area contributed by atoms with E-state index in [1.165, 1.54) is 17.7 Å². The van der Waals surface area contributed by atoms with Gasteiger partial charge in [-0.25, -0.2) is 0 Å². The second-order valence-electron chi connectivity index (χ2n) is 5.96. The van der Waals surface area contributed by atoms with Crippen LogP contribution >= 0.6 is 0 Å². The van der Waals surface area contributed by atoms with E-state index in [-0.39, 0.29) is 41.0 Å². The molecule has 3 aromatic rings. The maximum Gasteiger partial charge on any atom is 1.00 e. The maximum absolute atomic E-state index is 12.6. The van der Waals surface area contributed by atoms with Gasteiger partial charge < -0.3 is 15.2 Å². The van der Waals surface area contributed by atoms with Gasteiger partial charge in [0.05, 0.1) is 5.97 Å². The Labute approximate surface area is 180 Å². The molecule has 0 atom stereocenters. The number of carboxylic acid groups (broad SMARTS) is 1. The Morgan fingerprint density at radius 1 is 0.778 bits per heavy atom. The van der Waals surface area contributed by atoms with Crippen molar-refractivity contribution < 1.29 is 44.3 Å².